The zero-order chi connectivity index (χ0) is 18.5. The van der Waals surface area contributed by atoms with Gasteiger partial charge >= 0.3 is 0 Å². The van der Waals surface area contributed by atoms with Crippen LogP contribution in [0.4, 0.5) is 5.13 Å². The number of benzene rings is 1. The summed E-state index contributed by atoms with van der Waals surface area (Å²) in [5.74, 6) is 0. The summed E-state index contributed by atoms with van der Waals surface area (Å²) in [6.07, 6.45) is 9.17. The van der Waals surface area contributed by atoms with Crippen molar-refractivity contribution < 1.29 is 0 Å². The topological polar surface area (TPSA) is 58.9 Å². The maximum absolute atomic E-state index is 4.43. The molecule has 1 aliphatic heterocycles. The van der Waals surface area contributed by atoms with E-state index < -0.39 is 0 Å². The van der Waals surface area contributed by atoms with Gasteiger partial charge in [-0.3, -0.25) is 0 Å². The molecule has 6 nitrogen and oxygen atoms in total. The molecule has 27 heavy (non-hydrogen) atoms. The van der Waals surface area contributed by atoms with E-state index in [0.717, 1.165) is 54.6 Å². The fourth-order valence-electron chi connectivity index (χ4n) is 3.56. The highest BCUT2D eigenvalue weighted by Crippen LogP contribution is 2.30. The van der Waals surface area contributed by atoms with Crippen molar-refractivity contribution >= 4 is 16.5 Å². The van der Waals surface area contributed by atoms with Crippen LogP contribution in [0, 0.1) is 0 Å². The first-order chi connectivity index (χ1) is 13.3. The second-order valence-corrected chi connectivity index (χ2v) is 8.00. The number of nitrogens with one attached hydrogen (secondary N) is 1. The largest absolute Gasteiger partial charge is 0.347 e. The molecule has 7 heteroatoms. The Bertz CT molecular complexity index is 808. The summed E-state index contributed by atoms with van der Waals surface area (Å²) in [5, 5.41) is 14.7. The van der Waals surface area contributed by atoms with Crippen molar-refractivity contribution in [3.63, 3.8) is 0 Å². The Morgan fingerprint density at radius 1 is 1.19 bits per heavy atom. The number of imidazole rings is 1. The summed E-state index contributed by atoms with van der Waals surface area (Å²) in [5.41, 5.74) is 1.14. The minimum Gasteiger partial charge on any atom is -0.347 e. The Morgan fingerprint density at radius 2 is 2.00 bits per heavy atom. The van der Waals surface area contributed by atoms with Gasteiger partial charge in [0.15, 0.2) is 0 Å². The Labute approximate surface area is 164 Å². The average molecular weight is 383 g/mol. The molecule has 1 aliphatic rings. The Morgan fingerprint density at radius 3 is 2.70 bits per heavy atom. The summed E-state index contributed by atoms with van der Waals surface area (Å²) in [6.45, 7) is 5.29. The summed E-state index contributed by atoms with van der Waals surface area (Å²) >= 11 is 1.69. The molecule has 0 radical (unpaired) electrons. The normalized spacial score (nSPS) is 16.6. The van der Waals surface area contributed by atoms with Gasteiger partial charge in [-0.25, -0.2) is 4.98 Å². The highest BCUT2D eigenvalue weighted by Gasteiger charge is 2.23. The van der Waals surface area contributed by atoms with Crippen LogP contribution in [0.25, 0.3) is 10.6 Å². The molecule has 0 saturated carbocycles. The van der Waals surface area contributed by atoms with Gasteiger partial charge in [0.05, 0.1) is 6.33 Å². The van der Waals surface area contributed by atoms with Crippen LogP contribution in [0.2, 0.25) is 0 Å². The SMILES string of the molecule is CC[C@@H](Cn1ccnc1)NC1CCN(c2nnc(-c3ccccc3)s2)CC1. The predicted molar refractivity (Wildman–Crippen MR) is 110 cm³/mol. The van der Waals surface area contributed by atoms with E-state index in [1.165, 1.54) is 0 Å². The fraction of sp³-hybridized carbons (Fsp3) is 0.450. The van der Waals surface area contributed by atoms with Crippen LogP contribution in [0.15, 0.2) is 49.1 Å². The molecular weight excluding hydrogens is 356 g/mol. The molecule has 3 aromatic rings. The molecule has 1 atom stereocenters. The van der Waals surface area contributed by atoms with Gasteiger partial charge < -0.3 is 14.8 Å². The first kappa shape index (κ1) is 18.1. The zero-order valence-electron chi connectivity index (χ0n) is 15.7. The van der Waals surface area contributed by atoms with Gasteiger partial charge in [-0.1, -0.05) is 48.6 Å². The first-order valence-corrected chi connectivity index (χ1v) is 10.5. The van der Waals surface area contributed by atoms with Gasteiger partial charge in [0.2, 0.25) is 5.13 Å². The van der Waals surface area contributed by atoms with E-state index in [1.807, 2.05) is 36.9 Å². The van der Waals surface area contributed by atoms with Gasteiger partial charge in [0, 0.05) is 49.7 Å². The lowest BCUT2D eigenvalue weighted by molar-refractivity contribution is 0.336. The second-order valence-electron chi connectivity index (χ2n) is 7.05. The number of piperidine rings is 1. The molecule has 1 aromatic carbocycles. The van der Waals surface area contributed by atoms with Crippen molar-refractivity contribution in [2.75, 3.05) is 18.0 Å². The van der Waals surface area contributed by atoms with Crippen LogP contribution in [0.5, 0.6) is 0 Å². The van der Waals surface area contributed by atoms with E-state index in [2.05, 4.69) is 49.0 Å². The zero-order valence-corrected chi connectivity index (χ0v) is 16.5. The Balaban J connectivity index is 1.30. The predicted octanol–water partition coefficient (Wildman–Crippen LogP) is 3.44. The van der Waals surface area contributed by atoms with Crippen LogP contribution in [0.3, 0.4) is 0 Å². The van der Waals surface area contributed by atoms with Crippen molar-refractivity contribution in [2.45, 2.75) is 44.8 Å². The maximum atomic E-state index is 4.43. The minimum absolute atomic E-state index is 0.488. The van der Waals surface area contributed by atoms with Crippen LogP contribution in [-0.2, 0) is 6.54 Å². The van der Waals surface area contributed by atoms with E-state index in [9.17, 15) is 0 Å². The Kier molecular flexibility index (Phi) is 5.79. The first-order valence-electron chi connectivity index (χ1n) is 9.67. The molecule has 0 unspecified atom stereocenters. The standard InChI is InChI=1S/C20H26N6S/c1-2-17(14-25-13-10-21-15-25)22-18-8-11-26(12-9-18)20-24-23-19(27-20)16-6-4-3-5-7-16/h3-7,10,13,15,17-18,22H,2,8-9,11-12,14H2,1H3/t17-/m0/s1. The molecule has 2 aromatic heterocycles. The van der Waals surface area contributed by atoms with Crippen molar-refractivity contribution in [2.24, 2.45) is 0 Å². The lowest BCUT2D eigenvalue weighted by atomic mass is 10.0. The van der Waals surface area contributed by atoms with Crippen LogP contribution >= 0.6 is 11.3 Å². The van der Waals surface area contributed by atoms with Gasteiger partial charge in [0.25, 0.3) is 0 Å². The third kappa shape index (κ3) is 4.54. The monoisotopic (exact) mass is 382 g/mol. The lowest BCUT2D eigenvalue weighted by Gasteiger charge is -2.34. The van der Waals surface area contributed by atoms with E-state index >= 15 is 0 Å². The average Bonchev–Trinajstić information content (AvgIpc) is 3.41. The number of hydrogen-bond acceptors (Lipinski definition) is 6. The summed E-state index contributed by atoms with van der Waals surface area (Å²) < 4.78 is 2.16. The Hall–Kier alpha value is -2.25. The lowest BCUT2D eigenvalue weighted by Crippen LogP contribution is -2.47. The van der Waals surface area contributed by atoms with Crippen LogP contribution in [-0.4, -0.2) is 44.9 Å². The highest BCUT2D eigenvalue weighted by atomic mass is 32.1. The van der Waals surface area contributed by atoms with Crippen LogP contribution in [0.1, 0.15) is 26.2 Å². The van der Waals surface area contributed by atoms with Gasteiger partial charge in [-0.05, 0) is 19.3 Å². The number of anilines is 1. The molecule has 1 fully saturated rings. The fourth-order valence-corrected chi connectivity index (χ4v) is 4.46. The van der Waals surface area contributed by atoms with E-state index in [4.69, 9.17) is 0 Å². The summed E-state index contributed by atoms with van der Waals surface area (Å²) in [7, 11) is 0. The van der Waals surface area contributed by atoms with Crippen LogP contribution < -0.4 is 10.2 Å². The molecule has 0 spiro atoms. The van der Waals surface area contributed by atoms with Crippen molar-refractivity contribution in [1.82, 2.24) is 25.1 Å². The third-order valence-corrected chi connectivity index (χ3v) is 6.19. The number of rotatable bonds is 7. The minimum atomic E-state index is 0.488. The molecule has 1 N–H and O–H groups in total. The van der Waals surface area contributed by atoms with Crippen molar-refractivity contribution in [1.29, 1.82) is 0 Å². The quantitative estimate of drug-likeness (QED) is 0.678. The third-order valence-electron chi connectivity index (χ3n) is 5.16. The molecule has 0 aliphatic carbocycles. The van der Waals surface area contributed by atoms with Gasteiger partial charge in [-0.2, -0.15) is 0 Å². The van der Waals surface area contributed by atoms with Gasteiger partial charge in [0.1, 0.15) is 5.01 Å². The molecule has 0 amide bonds. The van der Waals surface area contributed by atoms with E-state index in [-0.39, 0.29) is 0 Å². The van der Waals surface area contributed by atoms with Gasteiger partial charge in [-0.15, -0.1) is 10.2 Å². The summed E-state index contributed by atoms with van der Waals surface area (Å²) in [4.78, 5) is 6.51. The maximum Gasteiger partial charge on any atom is 0.208 e. The van der Waals surface area contributed by atoms with E-state index in [0.29, 0.717) is 12.1 Å². The second kappa shape index (κ2) is 8.63. The molecule has 0 bridgehead atoms. The molecular formula is C20H26N6S. The van der Waals surface area contributed by atoms with E-state index in [1.54, 1.807) is 11.3 Å². The smallest absolute Gasteiger partial charge is 0.208 e. The summed E-state index contributed by atoms with van der Waals surface area (Å²) in [6, 6.07) is 11.3. The number of hydrogen-bond donors (Lipinski definition) is 1. The van der Waals surface area contributed by atoms with Crippen molar-refractivity contribution in [3.05, 3.63) is 49.1 Å². The molecule has 3 heterocycles. The molecule has 4 rings (SSSR count). The highest BCUT2D eigenvalue weighted by molar-refractivity contribution is 7.18. The molecule has 142 valence electrons. The number of nitrogens with zero attached hydrogens (tertiary/aromatic N) is 5. The number of aromatic nitrogens is 4. The molecule has 1 saturated heterocycles. The van der Waals surface area contributed by atoms with Crippen molar-refractivity contribution in [3.8, 4) is 10.6 Å².